The minimum Gasteiger partial charge on any atom is -0.493 e. The standard InChI is InChI=1S/C20H22N2O5/c1-4-19(23)21-9-8-13-11-17(26-2)18(27-3)12-16(13)20(21)14-6-5-7-15(10-14)22(24)25/h5-7,10-12,20H,4,8-9H2,1-3H3. The molecular formula is C20H22N2O5. The van der Waals surface area contributed by atoms with Crippen LogP contribution in [0.2, 0.25) is 0 Å². The van der Waals surface area contributed by atoms with Gasteiger partial charge >= 0.3 is 0 Å². The zero-order chi connectivity index (χ0) is 19.6. The van der Waals surface area contributed by atoms with Crippen molar-refractivity contribution in [2.45, 2.75) is 25.8 Å². The molecule has 0 spiro atoms. The van der Waals surface area contributed by atoms with Crippen LogP contribution in [-0.4, -0.2) is 36.5 Å². The largest absolute Gasteiger partial charge is 0.493 e. The van der Waals surface area contributed by atoms with E-state index in [-0.39, 0.29) is 11.6 Å². The van der Waals surface area contributed by atoms with E-state index in [2.05, 4.69) is 0 Å². The average molecular weight is 370 g/mol. The second-order valence-electron chi connectivity index (χ2n) is 6.35. The van der Waals surface area contributed by atoms with Gasteiger partial charge in [0, 0.05) is 25.1 Å². The molecule has 0 aliphatic carbocycles. The number of non-ortho nitro benzene ring substituents is 1. The first kappa shape index (κ1) is 18.7. The summed E-state index contributed by atoms with van der Waals surface area (Å²) in [5, 5.41) is 11.2. The van der Waals surface area contributed by atoms with Crippen molar-refractivity contribution in [2.75, 3.05) is 20.8 Å². The molecule has 7 nitrogen and oxygen atoms in total. The van der Waals surface area contributed by atoms with Gasteiger partial charge in [-0.1, -0.05) is 19.1 Å². The topological polar surface area (TPSA) is 81.9 Å². The van der Waals surface area contributed by atoms with Gasteiger partial charge in [-0.15, -0.1) is 0 Å². The van der Waals surface area contributed by atoms with Crippen molar-refractivity contribution < 1.29 is 19.2 Å². The van der Waals surface area contributed by atoms with Gasteiger partial charge in [-0.2, -0.15) is 0 Å². The minimum atomic E-state index is -0.423. The van der Waals surface area contributed by atoms with Crippen molar-refractivity contribution in [2.24, 2.45) is 0 Å². The van der Waals surface area contributed by atoms with Crippen LogP contribution in [0.15, 0.2) is 36.4 Å². The molecule has 1 aliphatic rings. The van der Waals surface area contributed by atoms with Crippen LogP contribution < -0.4 is 9.47 Å². The molecule has 7 heteroatoms. The average Bonchev–Trinajstić information content (AvgIpc) is 2.71. The predicted molar refractivity (Wildman–Crippen MR) is 100 cm³/mol. The molecule has 1 unspecified atom stereocenters. The van der Waals surface area contributed by atoms with Crippen LogP contribution in [0.25, 0.3) is 0 Å². The second-order valence-corrected chi connectivity index (χ2v) is 6.35. The summed E-state index contributed by atoms with van der Waals surface area (Å²) in [4.78, 5) is 25.2. The molecule has 1 aliphatic heterocycles. The van der Waals surface area contributed by atoms with Gasteiger partial charge in [0.2, 0.25) is 5.91 Å². The van der Waals surface area contributed by atoms with E-state index in [1.54, 1.807) is 25.2 Å². The molecule has 142 valence electrons. The fourth-order valence-electron chi connectivity index (χ4n) is 3.59. The van der Waals surface area contributed by atoms with Crippen LogP contribution in [0.3, 0.4) is 0 Å². The zero-order valence-corrected chi connectivity index (χ0v) is 15.6. The molecule has 0 N–H and O–H groups in total. The Hall–Kier alpha value is -3.09. The summed E-state index contributed by atoms with van der Waals surface area (Å²) < 4.78 is 10.8. The maximum Gasteiger partial charge on any atom is 0.269 e. The molecule has 0 bridgehead atoms. The lowest BCUT2D eigenvalue weighted by molar-refractivity contribution is -0.384. The molecule has 2 aromatic rings. The fourth-order valence-corrected chi connectivity index (χ4v) is 3.59. The maximum atomic E-state index is 12.6. The van der Waals surface area contributed by atoms with Gasteiger partial charge in [-0.3, -0.25) is 14.9 Å². The van der Waals surface area contributed by atoms with E-state index in [1.807, 2.05) is 25.1 Å². The number of methoxy groups -OCH3 is 2. The number of rotatable bonds is 5. The Morgan fingerprint density at radius 2 is 1.93 bits per heavy atom. The van der Waals surface area contributed by atoms with Crippen molar-refractivity contribution >= 4 is 11.6 Å². The van der Waals surface area contributed by atoms with Gasteiger partial charge in [-0.25, -0.2) is 0 Å². The normalized spacial score (nSPS) is 15.8. The molecular weight excluding hydrogens is 348 g/mol. The molecule has 0 saturated heterocycles. The molecule has 0 aromatic heterocycles. The van der Waals surface area contributed by atoms with Crippen LogP contribution in [0.5, 0.6) is 11.5 Å². The highest BCUT2D eigenvalue weighted by molar-refractivity contribution is 5.77. The second kappa shape index (κ2) is 7.65. The molecule has 0 fully saturated rings. The van der Waals surface area contributed by atoms with E-state index in [9.17, 15) is 14.9 Å². The Balaban J connectivity index is 2.19. The van der Waals surface area contributed by atoms with Gasteiger partial charge in [0.05, 0.1) is 25.2 Å². The van der Waals surface area contributed by atoms with Crippen molar-refractivity contribution in [1.82, 2.24) is 4.90 Å². The summed E-state index contributed by atoms with van der Waals surface area (Å²) in [5.41, 5.74) is 2.66. The van der Waals surface area contributed by atoms with Crippen molar-refractivity contribution in [1.29, 1.82) is 0 Å². The Kier molecular flexibility index (Phi) is 5.30. The summed E-state index contributed by atoms with van der Waals surface area (Å²) in [6.45, 7) is 2.36. The number of nitrogens with zero attached hydrogens (tertiary/aromatic N) is 2. The summed E-state index contributed by atoms with van der Waals surface area (Å²) in [7, 11) is 3.14. The first-order valence-electron chi connectivity index (χ1n) is 8.78. The third-order valence-electron chi connectivity index (χ3n) is 4.89. The number of hydrogen-bond acceptors (Lipinski definition) is 5. The molecule has 3 rings (SSSR count). The first-order valence-corrected chi connectivity index (χ1v) is 8.78. The van der Waals surface area contributed by atoms with E-state index in [1.165, 1.54) is 12.1 Å². The monoisotopic (exact) mass is 370 g/mol. The Morgan fingerprint density at radius 3 is 2.56 bits per heavy atom. The summed E-state index contributed by atoms with van der Waals surface area (Å²) in [6.07, 6.45) is 1.06. The Labute approximate surface area is 157 Å². The van der Waals surface area contributed by atoms with Crippen LogP contribution in [-0.2, 0) is 11.2 Å². The maximum absolute atomic E-state index is 12.6. The molecule has 0 radical (unpaired) electrons. The smallest absolute Gasteiger partial charge is 0.269 e. The summed E-state index contributed by atoms with van der Waals surface area (Å²) in [6, 6.07) is 9.84. The van der Waals surface area contributed by atoms with Crippen LogP contribution >= 0.6 is 0 Å². The number of carbonyl (C=O) groups is 1. The number of carbonyl (C=O) groups excluding carboxylic acids is 1. The highest BCUT2D eigenvalue weighted by atomic mass is 16.6. The van der Waals surface area contributed by atoms with Crippen molar-refractivity contribution in [3.05, 3.63) is 63.2 Å². The number of amides is 1. The van der Waals surface area contributed by atoms with Gasteiger partial charge < -0.3 is 14.4 Å². The van der Waals surface area contributed by atoms with Gasteiger partial charge in [0.1, 0.15) is 0 Å². The van der Waals surface area contributed by atoms with E-state index in [0.29, 0.717) is 36.4 Å². The van der Waals surface area contributed by atoms with Crippen LogP contribution in [0, 0.1) is 10.1 Å². The fraction of sp³-hybridized carbons (Fsp3) is 0.350. The number of hydrogen-bond donors (Lipinski definition) is 0. The zero-order valence-electron chi connectivity index (χ0n) is 15.6. The predicted octanol–water partition coefficient (Wildman–Crippen LogP) is 3.50. The minimum absolute atomic E-state index is 0.00370. The van der Waals surface area contributed by atoms with Crippen LogP contribution in [0.4, 0.5) is 5.69 Å². The van der Waals surface area contributed by atoms with E-state index < -0.39 is 11.0 Å². The molecule has 27 heavy (non-hydrogen) atoms. The van der Waals surface area contributed by atoms with Crippen molar-refractivity contribution in [3.63, 3.8) is 0 Å². The highest BCUT2D eigenvalue weighted by Crippen LogP contribution is 2.41. The number of benzene rings is 2. The molecule has 1 atom stereocenters. The first-order chi connectivity index (χ1) is 13.0. The number of ether oxygens (including phenoxy) is 2. The van der Waals surface area contributed by atoms with Crippen LogP contribution in [0.1, 0.15) is 36.1 Å². The lowest BCUT2D eigenvalue weighted by Gasteiger charge is -2.38. The Bertz CT molecular complexity index is 881. The lowest BCUT2D eigenvalue weighted by atomic mass is 9.87. The quantitative estimate of drug-likeness (QED) is 0.594. The summed E-state index contributed by atoms with van der Waals surface area (Å²) >= 11 is 0. The molecule has 1 amide bonds. The molecule has 1 heterocycles. The van der Waals surface area contributed by atoms with Gasteiger partial charge in [-0.05, 0) is 35.2 Å². The van der Waals surface area contributed by atoms with E-state index >= 15 is 0 Å². The number of nitro groups is 1. The van der Waals surface area contributed by atoms with Gasteiger partial charge in [0.25, 0.3) is 5.69 Å². The highest BCUT2D eigenvalue weighted by Gasteiger charge is 2.33. The summed E-state index contributed by atoms with van der Waals surface area (Å²) in [5.74, 6) is 1.20. The van der Waals surface area contributed by atoms with Crippen molar-refractivity contribution in [3.8, 4) is 11.5 Å². The SMILES string of the molecule is CCC(=O)N1CCc2cc(OC)c(OC)cc2C1c1cccc([N+](=O)[O-])c1. The third kappa shape index (κ3) is 3.45. The lowest BCUT2D eigenvalue weighted by Crippen LogP contribution is -2.40. The number of fused-ring (bicyclic) bond motifs is 1. The third-order valence-corrected chi connectivity index (χ3v) is 4.89. The Morgan fingerprint density at radius 1 is 1.22 bits per heavy atom. The molecule has 0 saturated carbocycles. The van der Waals surface area contributed by atoms with E-state index in [0.717, 1.165) is 11.1 Å². The van der Waals surface area contributed by atoms with E-state index in [4.69, 9.17) is 9.47 Å². The van der Waals surface area contributed by atoms with Gasteiger partial charge in [0.15, 0.2) is 11.5 Å². The number of nitro benzene ring substituents is 1. The molecule has 2 aromatic carbocycles.